The first-order valence-corrected chi connectivity index (χ1v) is 7.62. The Morgan fingerprint density at radius 2 is 1.87 bits per heavy atom. The third-order valence-electron chi connectivity index (χ3n) is 4.45. The van der Waals surface area contributed by atoms with Crippen molar-refractivity contribution < 1.29 is 22.8 Å². The lowest BCUT2D eigenvalue weighted by molar-refractivity contribution is -0.191. The predicted molar refractivity (Wildman–Crippen MR) is 79.5 cm³/mol. The van der Waals surface area contributed by atoms with Crippen molar-refractivity contribution in [3.05, 3.63) is 35.9 Å². The van der Waals surface area contributed by atoms with Crippen LogP contribution >= 0.6 is 0 Å². The molecule has 1 aromatic carbocycles. The van der Waals surface area contributed by atoms with Crippen molar-refractivity contribution in [1.82, 2.24) is 4.90 Å². The van der Waals surface area contributed by atoms with E-state index in [-0.39, 0.29) is 30.1 Å². The fourth-order valence-corrected chi connectivity index (χ4v) is 3.23. The molecule has 6 heteroatoms. The fraction of sp³-hybridized carbons (Fsp3) is 0.529. The molecular weight excluding hydrogens is 307 g/mol. The molecule has 0 aliphatic heterocycles. The zero-order valence-electron chi connectivity index (χ0n) is 13.1. The van der Waals surface area contributed by atoms with Gasteiger partial charge in [-0.1, -0.05) is 37.3 Å². The Kier molecular flexibility index (Phi) is 5.12. The van der Waals surface area contributed by atoms with Crippen LogP contribution < -0.4 is 0 Å². The number of nitrogens with zero attached hydrogens (tertiary/aromatic N) is 1. The molecule has 1 aromatic rings. The molecule has 0 bridgehead atoms. The van der Waals surface area contributed by atoms with Gasteiger partial charge in [0.15, 0.2) is 6.04 Å². The van der Waals surface area contributed by atoms with Crippen molar-refractivity contribution in [2.75, 3.05) is 7.05 Å². The first kappa shape index (κ1) is 17.5. The van der Waals surface area contributed by atoms with Crippen LogP contribution in [0.5, 0.6) is 0 Å². The zero-order valence-corrected chi connectivity index (χ0v) is 13.1. The van der Waals surface area contributed by atoms with E-state index in [1.807, 2.05) is 0 Å². The van der Waals surface area contributed by atoms with E-state index in [4.69, 9.17) is 0 Å². The molecule has 0 heterocycles. The van der Waals surface area contributed by atoms with Gasteiger partial charge < -0.3 is 4.90 Å². The molecule has 0 N–H and O–H groups in total. The lowest BCUT2D eigenvalue weighted by atomic mass is 9.79. The van der Waals surface area contributed by atoms with Gasteiger partial charge in [0.25, 0.3) is 0 Å². The largest absolute Gasteiger partial charge is 0.413 e. The average Bonchev–Trinajstić information content (AvgIpc) is 2.46. The molecule has 1 aliphatic rings. The minimum absolute atomic E-state index is 0.0374. The van der Waals surface area contributed by atoms with Gasteiger partial charge in [-0.3, -0.25) is 9.59 Å². The summed E-state index contributed by atoms with van der Waals surface area (Å²) in [5.74, 6) is -1.24. The van der Waals surface area contributed by atoms with Crippen LogP contribution in [0, 0.1) is 11.8 Å². The Morgan fingerprint density at radius 1 is 1.26 bits per heavy atom. The predicted octanol–water partition coefficient (Wildman–Crippen LogP) is 3.75. The summed E-state index contributed by atoms with van der Waals surface area (Å²) < 4.78 is 40.5. The Morgan fingerprint density at radius 3 is 2.39 bits per heavy atom. The highest BCUT2D eigenvalue weighted by molar-refractivity contribution is 5.85. The molecule has 1 aliphatic carbocycles. The molecule has 0 spiro atoms. The maximum Gasteiger partial charge on any atom is 0.413 e. The van der Waals surface area contributed by atoms with Crippen molar-refractivity contribution in [3.8, 4) is 0 Å². The maximum absolute atomic E-state index is 13.5. The number of hydrogen-bond donors (Lipinski definition) is 0. The second-order valence-corrected chi connectivity index (χ2v) is 6.17. The number of halogens is 3. The summed E-state index contributed by atoms with van der Waals surface area (Å²) in [4.78, 5) is 24.8. The minimum Gasteiger partial charge on any atom is -0.330 e. The second-order valence-electron chi connectivity index (χ2n) is 6.17. The maximum atomic E-state index is 13.5. The molecule has 126 valence electrons. The molecule has 2 rings (SSSR count). The average molecular weight is 327 g/mol. The molecule has 3 atom stereocenters. The molecule has 0 aromatic heterocycles. The van der Waals surface area contributed by atoms with Crippen LogP contribution in [0.2, 0.25) is 0 Å². The third kappa shape index (κ3) is 3.92. The minimum atomic E-state index is -4.56. The monoisotopic (exact) mass is 327 g/mol. The number of rotatable bonds is 3. The summed E-state index contributed by atoms with van der Waals surface area (Å²) in [5.41, 5.74) is 0.0374. The van der Waals surface area contributed by atoms with E-state index in [1.54, 1.807) is 13.0 Å². The van der Waals surface area contributed by atoms with Crippen molar-refractivity contribution >= 4 is 11.7 Å². The van der Waals surface area contributed by atoms with E-state index < -0.39 is 24.0 Å². The van der Waals surface area contributed by atoms with Crippen molar-refractivity contribution in [1.29, 1.82) is 0 Å². The van der Waals surface area contributed by atoms with E-state index in [0.717, 1.165) is 4.90 Å². The molecular formula is C17H20F3NO2. The van der Waals surface area contributed by atoms with E-state index in [9.17, 15) is 22.8 Å². The Bertz CT molecular complexity index is 571. The SMILES string of the molecule is CC1CC(=O)CCC1C(=O)N(C)C(c1ccccc1)C(F)(F)F. The molecule has 0 saturated heterocycles. The summed E-state index contributed by atoms with van der Waals surface area (Å²) >= 11 is 0. The summed E-state index contributed by atoms with van der Waals surface area (Å²) in [5, 5.41) is 0. The lowest BCUT2D eigenvalue weighted by Crippen LogP contribution is -2.45. The first-order valence-electron chi connectivity index (χ1n) is 7.62. The number of carbonyl (C=O) groups excluding carboxylic acids is 2. The summed E-state index contributed by atoms with van der Waals surface area (Å²) in [7, 11) is 1.19. The standard InChI is InChI=1S/C17H20F3NO2/c1-11-10-13(22)8-9-14(11)16(23)21(2)15(17(18,19)20)12-6-4-3-5-7-12/h3-7,11,14-15H,8-10H2,1-2H3. The van der Waals surface area contributed by atoms with Crippen LogP contribution in [0.3, 0.4) is 0 Å². The number of ketones is 1. The molecule has 23 heavy (non-hydrogen) atoms. The highest BCUT2D eigenvalue weighted by atomic mass is 19.4. The van der Waals surface area contributed by atoms with E-state index >= 15 is 0 Å². The van der Waals surface area contributed by atoms with Gasteiger partial charge in [-0.25, -0.2) is 0 Å². The smallest absolute Gasteiger partial charge is 0.330 e. The van der Waals surface area contributed by atoms with Gasteiger partial charge in [0.05, 0.1) is 0 Å². The zero-order chi connectivity index (χ0) is 17.2. The van der Waals surface area contributed by atoms with E-state index in [1.165, 1.54) is 31.3 Å². The van der Waals surface area contributed by atoms with Gasteiger partial charge in [0.2, 0.25) is 5.91 Å². The van der Waals surface area contributed by atoms with Crippen LogP contribution in [0.25, 0.3) is 0 Å². The Hall–Kier alpha value is -1.85. The quantitative estimate of drug-likeness (QED) is 0.848. The fourth-order valence-electron chi connectivity index (χ4n) is 3.23. The Balaban J connectivity index is 2.25. The van der Waals surface area contributed by atoms with Crippen LogP contribution in [0.1, 0.15) is 37.8 Å². The van der Waals surface area contributed by atoms with Crippen LogP contribution in [0.4, 0.5) is 13.2 Å². The highest BCUT2D eigenvalue weighted by Crippen LogP contribution is 2.39. The normalized spacial score (nSPS) is 23.4. The summed E-state index contributed by atoms with van der Waals surface area (Å²) in [6.45, 7) is 1.75. The van der Waals surface area contributed by atoms with Crippen LogP contribution in [-0.4, -0.2) is 29.8 Å². The molecule has 1 amide bonds. The van der Waals surface area contributed by atoms with E-state index in [0.29, 0.717) is 6.42 Å². The third-order valence-corrected chi connectivity index (χ3v) is 4.45. The number of alkyl halides is 3. The van der Waals surface area contributed by atoms with Gasteiger partial charge in [-0.05, 0) is 17.9 Å². The molecule has 1 fully saturated rings. The molecule has 3 nitrogen and oxygen atoms in total. The van der Waals surface area contributed by atoms with Crippen LogP contribution in [-0.2, 0) is 9.59 Å². The van der Waals surface area contributed by atoms with Crippen molar-refractivity contribution in [2.24, 2.45) is 11.8 Å². The lowest BCUT2D eigenvalue weighted by Gasteiger charge is -2.36. The van der Waals surface area contributed by atoms with Gasteiger partial charge >= 0.3 is 6.18 Å². The number of hydrogen-bond acceptors (Lipinski definition) is 2. The molecule has 0 radical (unpaired) electrons. The second kappa shape index (κ2) is 6.72. The summed E-state index contributed by atoms with van der Waals surface area (Å²) in [6.07, 6.45) is -3.72. The molecule has 1 saturated carbocycles. The number of Topliss-reactive ketones (excluding diaryl/α,β-unsaturated/α-hetero) is 1. The Labute approximate surface area is 133 Å². The number of carbonyl (C=O) groups is 2. The van der Waals surface area contributed by atoms with Gasteiger partial charge in [0, 0.05) is 25.8 Å². The van der Waals surface area contributed by atoms with Crippen molar-refractivity contribution in [3.63, 3.8) is 0 Å². The van der Waals surface area contributed by atoms with Gasteiger partial charge in [0.1, 0.15) is 5.78 Å². The molecule has 3 unspecified atom stereocenters. The van der Waals surface area contributed by atoms with Crippen molar-refractivity contribution in [2.45, 2.75) is 38.4 Å². The highest BCUT2D eigenvalue weighted by Gasteiger charge is 2.47. The number of amides is 1. The van der Waals surface area contributed by atoms with Gasteiger partial charge in [-0.15, -0.1) is 0 Å². The summed E-state index contributed by atoms with van der Waals surface area (Å²) in [6, 6.07) is 5.45. The van der Waals surface area contributed by atoms with Crippen LogP contribution in [0.15, 0.2) is 30.3 Å². The first-order chi connectivity index (χ1) is 10.7. The van der Waals surface area contributed by atoms with Gasteiger partial charge in [-0.2, -0.15) is 13.2 Å². The van der Waals surface area contributed by atoms with E-state index in [2.05, 4.69) is 0 Å². The topological polar surface area (TPSA) is 37.4 Å². The number of benzene rings is 1.